The Morgan fingerprint density at radius 1 is 1.15 bits per heavy atom. The Morgan fingerprint density at radius 2 is 1.79 bits per heavy atom. The smallest absolute Gasteiger partial charge is 0.265 e. The van der Waals surface area contributed by atoms with Crippen molar-refractivity contribution in [3.05, 3.63) is 53.6 Å². The number of anilines is 1. The van der Waals surface area contributed by atoms with Crippen LogP contribution >= 0.6 is 0 Å². The summed E-state index contributed by atoms with van der Waals surface area (Å²) in [6, 6.07) is 12.6. The van der Waals surface area contributed by atoms with Gasteiger partial charge in [-0.05, 0) is 51.8 Å². The van der Waals surface area contributed by atoms with Gasteiger partial charge in [-0.1, -0.05) is 30.3 Å². The molecule has 0 fully saturated rings. The molecule has 0 spiro atoms. The molecule has 1 heterocycles. The van der Waals surface area contributed by atoms with Gasteiger partial charge in [0.15, 0.2) is 6.10 Å². The first-order chi connectivity index (χ1) is 15.3. The third-order valence-electron chi connectivity index (χ3n) is 5.55. The van der Waals surface area contributed by atoms with E-state index < -0.39 is 21.7 Å². The van der Waals surface area contributed by atoms with E-state index in [9.17, 15) is 18.0 Å². The summed E-state index contributed by atoms with van der Waals surface area (Å²) in [6.07, 6.45) is -0.728. The number of amides is 2. The number of carbonyl (C=O) groups is 2. The summed E-state index contributed by atoms with van der Waals surface area (Å²) in [7, 11) is -2.60. The van der Waals surface area contributed by atoms with Crippen molar-refractivity contribution in [2.75, 3.05) is 18.9 Å². The summed E-state index contributed by atoms with van der Waals surface area (Å²) < 4.78 is 33.4. The van der Waals surface area contributed by atoms with Crippen LogP contribution in [0.15, 0.2) is 47.4 Å². The van der Waals surface area contributed by atoms with Crippen LogP contribution in [0.3, 0.4) is 0 Å². The van der Waals surface area contributed by atoms with Crippen molar-refractivity contribution >= 4 is 27.5 Å². The molecule has 2 aromatic rings. The van der Waals surface area contributed by atoms with Gasteiger partial charge in [0.05, 0.1) is 17.1 Å². The summed E-state index contributed by atoms with van der Waals surface area (Å²) in [4.78, 5) is 26.8. The Hall–Kier alpha value is -2.91. The highest BCUT2D eigenvalue weighted by molar-refractivity contribution is 7.89. The molecule has 0 bridgehead atoms. The van der Waals surface area contributed by atoms with E-state index in [-0.39, 0.29) is 29.0 Å². The molecule has 8 nitrogen and oxygen atoms in total. The fourth-order valence-electron chi connectivity index (χ4n) is 3.61. The second kappa shape index (κ2) is 9.15. The number of aryl methyl sites for hydroxylation is 1. The van der Waals surface area contributed by atoms with Crippen LogP contribution in [0.2, 0.25) is 0 Å². The van der Waals surface area contributed by atoms with Crippen molar-refractivity contribution < 1.29 is 22.7 Å². The highest BCUT2D eigenvalue weighted by atomic mass is 32.2. The zero-order valence-corrected chi connectivity index (χ0v) is 20.7. The normalized spacial score (nSPS) is 16.1. The van der Waals surface area contributed by atoms with Crippen molar-refractivity contribution in [2.45, 2.75) is 57.7 Å². The van der Waals surface area contributed by atoms with E-state index >= 15 is 0 Å². The standard InChI is InChI=1S/C24H31N3O5S/c1-16-12-19-20(32-17(2)23(29)25-19)13-21(16)33(30,31)26(6)15-22(28)27(24(3,4)5)14-18-10-8-7-9-11-18/h7-13,17H,14-15H2,1-6H3,(H,25,29)/t17-/m1/s1. The predicted molar refractivity (Wildman–Crippen MR) is 126 cm³/mol. The lowest BCUT2D eigenvalue weighted by Crippen LogP contribution is -2.49. The van der Waals surface area contributed by atoms with Gasteiger partial charge in [0.1, 0.15) is 5.75 Å². The maximum Gasteiger partial charge on any atom is 0.265 e. The number of nitrogens with zero attached hydrogens (tertiary/aromatic N) is 2. The first-order valence-electron chi connectivity index (χ1n) is 10.7. The maximum absolute atomic E-state index is 13.4. The monoisotopic (exact) mass is 473 g/mol. The number of likely N-dealkylation sites (N-methyl/N-ethyl adjacent to an activating group) is 1. The molecule has 0 aliphatic carbocycles. The van der Waals surface area contributed by atoms with Crippen molar-refractivity contribution in [2.24, 2.45) is 0 Å². The molecule has 0 radical (unpaired) electrons. The average molecular weight is 474 g/mol. The lowest BCUT2D eigenvalue weighted by molar-refractivity contribution is -0.136. The highest BCUT2D eigenvalue weighted by Gasteiger charge is 2.33. The van der Waals surface area contributed by atoms with Crippen LogP contribution in [0.1, 0.15) is 38.8 Å². The van der Waals surface area contributed by atoms with Crippen LogP contribution in [0.5, 0.6) is 5.75 Å². The Labute approximate surface area is 195 Å². The van der Waals surface area contributed by atoms with E-state index in [1.54, 1.807) is 24.8 Å². The minimum absolute atomic E-state index is 0.0327. The number of sulfonamides is 1. The molecule has 9 heteroatoms. The minimum Gasteiger partial charge on any atom is -0.479 e. The molecule has 0 aromatic heterocycles. The van der Waals surface area contributed by atoms with Crippen molar-refractivity contribution in [1.82, 2.24) is 9.21 Å². The van der Waals surface area contributed by atoms with Crippen molar-refractivity contribution in [3.8, 4) is 5.75 Å². The van der Waals surface area contributed by atoms with E-state index in [1.807, 2.05) is 51.1 Å². The zero-order valence-electron chi connectivity index (χ0n) is 19.9. The molecule has 2 amide bonds. The Morgan fingerprint density at radius 3 is 2.39 bits per heavy atom. The first kappa shape index (κ1) is 24.7. The number of hydrogen-bond donors (Lipinski definition) is 1. The van der Waals surface area contributed by atoms with E-state index in [0.29, 0.717) is 17.8 Å². The molecule has 1 aliphatic rings. The average Bonchev–Trinajstić information content (AvgIpc) is 2.72. The summed E-state index contributed by atoms with van der Waals surface area (Å²) >= 11 is 0. The summed E-state index contributed by atoms with van der Waals surface area (Å²) in [6.45, 7) is 9.06. The molecule has 2 aromatic carbocycles. The van der Waals surface area contributed by atoms with Gasteiger partial charge in [-0.25, -0.2) is 8.42 Å². The molecular weight excluding hydrogens is 442 g/mol. The topological polar surface area (TPSA) is 96.0 Å². The molecule has 0 unspecified atom stereocenters. The van der Waals surface area contributed by atoms with E-state index in [4.69, 9.17) is 4.74 Å². The van der Waals surface area contributed by atoms with Gasteiger partial charge in [0, 0.05) is 25.2 Å². The second-order valence-electron chi connectivity index (χ2n) is 9.26. The maximum atomic E-state index is 13.4. The lowest BCUT2D eigenvalue weighted by Gasteiger charge is -2.37. The molecule has 0 saturated heterocycles. The fraction of sp³-hybridized carbons (Fsp3) is 0.417. The SMILES string of the molecule is Cc1cc2c(cc1S(=O)(=O)N(C)CC(=O)N(Cc1ccccc1)C(C)(C)C)O[C@H](C)C(=O)N2. The molecule has 3 rings (SSSR count). The van der Waals surface area contributed by atoms with Gasteiger partial charge < -0.3 is 15.0 Å². The Kier molecular flexibility index (Phi) is 6.85. The molecule has 1 aliphatic heterocycles. The van der Waals surface area contributed by atoms with Gasteiger partial charge in [-0.3, -0.25) is 9.59 Å². The number of rotatable bonds is 6. The largest absolute Gasteiger partial charge is 0.479 e. The molecule has 1 atom stereocenters. The predicted octanol–water partition coefficient (Wildman–Crippen LogP) is 3.16. The number of fused-ring (bicyclic) bond motifs is 1. The van der Waals surface area contributed by atoms with Gasteiger partial charge >= 0.3 is 0 Å². The molecule has 178 valence electrons. The number of benzene rings is 2. The van der Waals surface area contributed by atoms with Crippen LogP contribution < -0.4 is 10.1 Å². The number of nitrogens with one attached hydrogen (secondary N) is 1. The quantitative estimate of drug-likeness (QED) is 0.695. The van der Waals surface area contributed by atoms with Crippen LogP contribution in [0, 0.1) is 6.92 Å². The second-order valence-corrected chi connectivity index (χ2v) is 11.3. The fourth-order valence-corrected chi connectivity index (χ4v) is 4.95. The Bertz CT molecular complexity index is 1160. The van der Waals surface area contributed by atoms with Gasteiger partial charge in [-0.2, -0.15) is 4.31 Å². The summed E-state index contributed by atoms with van der Waals surface area (Å²) in [5.74, 6) is -0.308. The zero-order chi connectivity index (χ0) is 24.6. The van der Waals surface area contributed by atoms with E-state index in [1.165, 1.54) is 13.1 Å². The first-order valence-corrected chi connectivity index (χ1v) is 12.2. The number of hydrogen-bond acceptors (Lipinski definition) is 5. The third-order valence-corrected chi connectivity index (χ3v) is 7.49. The van der Waals surface area contributed by atoms with Gasteiger partial charge in [-0.15, -0.1) is 0 Å². The molecule has 1 N–H and O–H groups in total. The highest BCUT2D eigenvalue weighted by Crippen LogP contribution is 2.35. The molecular formula is C24H31N3O5S. The van der Waals surface area contributed by atoms with Crippen molar-refractivity contribution in [1.29, 1.82) is 0 Å². The van der Waals surface area contributed by atoms with E-state index in [0.717, 1.165) is 9.87 Å². The van der Waals surface area contributed by atoms with Crippen molar-refractivity contribution in [3.63, 3.8) is 0 Å². The van der Waals surface area contributed by atoms with Gasteiger partial charge in [0.2, 0.25) is 15.9 Å². The molecule has 33 heavy (non-hydrogen) atoms. The lowest BCUT2D eigenvalue weighted by atomic mass is 10.0. The van der Waals surface area contributed by atoms with Crippen LogP contribution in [0.4, 0.5) is 5.69 Å². The molecule has 0 saturated carbocycles. The van der Waals surface area contributed by atoms with Crippen LogP contribution in [0.25, 0.3) is 0 Å². The summed E-state index contributed by atoms with van der Waals surface area (Å²) in [5.41, 5.74) is 1.34. The van der Waals surface area contributed by atoms with Crippen LogP contribution in [-0.2, 0) is 26.2 Å². The van der Waals surface area contributed by atoms with Gasteiger partial charge in [0.25, 0.3) is 5.91 Å². The number of ether oxygens (including phenoxy) is 1. The Balaban J connectivity index is 1.85. The third kappa shape index (κ3) is 5.36. The van der Waals surface area contributed by atoms with E-state index in [2.05, 4.69) is 5.32 Å². The minimum atomic E-state index is -3.99. The number of carbonyl (C=O) groups excluding carboxylic acids is 2. The summed E-state index contributed by atoms with van der Waals surface area (Å²) in [5, 5.41) is 2.71. The van der Waals surface area contributed by atoms with Crippen LogP contribution in [-0.4, -0.2) is 54.7 Å².